The third-order valence-corrected chi connectivity index (χ3v) is 2.67. The highest BCUT2D eigenvalue weighted by atomic mass is 79.9. The molecule has 0 aliphatic rings. The zero-order chi connectivity index (χ0) is 8.97. The molecular formula is C9H10BrFS. The molecule has 0 radical (unpaired) electrons. The molecule has 0 aliphatic carbocycles. The Balaban J connectivity index is 2.72. The van der Waals surface area contributed by atoms with Gasteiger partial charge in [0, 0.05) is 4.47 Å². The van der Waals surface area contributed by atoms with Gasteiger partial charge >= 0.3 is 0 Å². The van der Waals surface area contributed by atoms with Gasteiger partial charge in [0.15, 0.2) is 0 Å². The van der Waals surface area contributed by atoms with E-state index in [1.807, 2.05) is 6.07 Å². The van der Waals surface area contributed by atoms with Crippen LogP contribution in [0.3, 0.4) is 0 Å². The van der Waals surface area contributed by atoms with Crippen LogP contribution in [0.1, 0.15) is 12.0 Å². The van der Waals surface area contributed by atoms with Crippen LogP contribution in [-0.2, 0) is 6.42 Å². The molecule has 0 aromatic heterocycles. The number of aryl methyl sites for hydroxylation is 1. The van der Waals surface area contributed by atoms with Crippen LogP contribution in [0.15, 0.2) is 22.7 Å². The molecule has 12 heavy (non-hydrogen) atoms. The lowest BCUT2D eigenvalue weighted by Gasteiger charge is -2.02. The topological polar surface area (TPSA) is 0 Å². The number of hydrogen-bond donors (Lipinski definition) is 1. The van der Waals surface area contributed by atoms with Crippen molar-refractivity contribution in [2.24, 2.45) is 0 Å². The van der Waals surface area contributed by atoms with Crippen LogP contribution in [0.2, 0.25) is 0 Å². The Morgan fingerprint density at radius 3 is 2.75 bits per heavy atom. The van der Waals surface area contributed by atoms with Crippen molar-refractivity contribution in [3.05, 3.63) is 34.1 Å². The van der Waals surface area contributed by atoms with Gasteiger partial charge in [0.1, 0.15) is 5.82 Å². The van der Waals surface area contributed by atoms with E-state index in [1.54, 1.807) is 0 Å². The molecule has 1 aromatic carbocycles. The lowest BCUT2D eigenvalue weighted by atomic mass is 10.1. The summed E-state index contributed by atoms with van der Waals surface area (Å²) in [4.78, 5) is 0. The molecule has 3 heteroatoms. The Kier molecular flexibility index (Phi) is 4.09. The molecule has 0 nitrogen and oxygen atoms in total. The summed E-state index contributed by atoms with van der Waals surface area (Å²) < 4.78 is 13.5. The summed E-state index contributed by atoms with van der Waals surface area (Å²) in [5, 5.41) is 0. The fraction of sp³-hybridized carbons (Fsp3) is 0.333. The van der Waals surface area contributed by atoms with Gasteiger partial charge in [-0.2, -0.15) is 12.6 Å². The monoisotopic (exact) mass is 248 g/mol. The number of halogens is 2. The molecule has 0 aliphatic heterocycles. The molecule has 0 spiro atoms. The number of hydrogen-bond acceptors (Lipinski definition) is 1. The highest BCUT2D eigenvalue weighted by Gasteiger charge is 1.99. The van der Waals surface area contributed by atoms with Gasteiger partial charge < -0.3 is 0 Å². The quantitative estimate of drug-likeness (QED) is 0.779. The van der Waals surface area contributed by atoms with Crippen LogP contribution in [0, 0.1) is 5.82 Å². The summed E-state index contributed by atoms with van der Waals surface area (Å²) in [6, 6.07) is 4.79. The molecule has 0 saturated heterocycles. The minimum Gasteiger partial charge on any atom is -0.207 e. The van der Waals surface area contributed by atoms with Crippen molar-refractivity contribution in [3.63, 3.8) is 0 Å². The van der Waals surface area contributed by atoms with Crippen molar-refractivity contribution in [2.45, 2.75) is 12.8 Å². The fourth-order valence-corrected chi connectivity index (χ4v) is 1.70. The van der Waals surface area contributed by atoms with Crippen molar-refractivity contribution in [3.8, 4) is 0 Å². The Morgan fingerprint density at radius 1 is 1.42 bits per heavy atom. The summed E-state index contributed by atoms with van der Waals surface area (Å²) in [6.07, 6.45) is 1.97. The second-order valence-corrected chi connectivity index (χ2v) is 3.86. The van der Waals surface area contributed by atoms with Gasteiger partial charge in [0.25, 0.3) is 0 Å². The summed E-state index contributed by atoms with van der Waals surface area (Å²) in [5.41, 5.74) is 1.14. The predicted molar refractivity (Wildman–Crippen MR) is 56.3 cm³/mol. The summed E-state index contributed by atoms with van der Waals surface area (Å²) in [7, 11) is 0. The molecule has 1 aromatic rings. The molecule has 0 heterocycles. The fourth-order valence-electron chi connectivity index (χ4n) is 0.994. The van der Waals surface area contributed by atoms with Gasteiger partial charge in [-0.1, -0.05) is 22.0 Å². The van der Waals surface area contributed by atoms with E-state index in [0.29, 0.717) is 0 Å². The molecule has 0 fully saturated rings. The van der Waals surface area contributed by atoms with E-state index < -0.39 is 0 Å². The minimum absolute atomic E-state index is 0.198. The van der Waals surface area contributed by atoms with Gasteiger partial charge in [-0.15, -0.1) is 0 Å². The zero-order valence-corrected chi connectivity index (χ0v) is 9.04. The Labute approximate surface area is 85.7 Å². The Morgan fingerprint density at radius 2 is 2.17 bits per heavy atom. The molecule has 0 atom stereocenters. The van der Waals surface area contributed by atoms with E-state index in [0.717, 1.165) is 28.6 Å². The average Bonchev–Trinajstić information content (AvgIpc) is 2.03. The van der Waals surface area contributed by atoms with Crippen LogP contribution in [-0.4, -0.2) is 5.75 Å². The lowest BCUT2D eigenvalue weighted by Crippen LogP contribution is -1.88. The van der Waals surface area contributed by atoms with Gasteiger partial charge in [-0.3, -0.25) is 0 Å². The summed E-state index contributed by atoms with van der Waals surface area (Å²) >= 11 is 7.43. The highest BCUT2D eigenvalue weighted by Crippen LogP contribution is 2.19. The minimum atomic E-state index is -0.198. The first-order valence-electron chi connectivity index (χ1n) is 3.79. The molecular weight excluding hydrogens is 239 g/mol. The van der Waals surface area contributed by atoms with Crippen molar-refractivity contribution in [1.29, 1.82) is 0 Å². The standard InChI is InChI=1S/C9H10BrFS/c10-9-6-8(11)4-3-7(9)2-1-5-12/h3-4,6,12H,1-2,5H2. The van der Waals surface area contributed by atoms with Gasteiger partial charge in [-0.05, 0) is 36.3 Å². The molecule has 0 saturated carbocycles. The van der Waals surface area contributed by atoms with E-state index in [1.165, 1.54) is 12.1 Å². The summed E-state index contributed by atoms with van der Waals surface area (Å²) in [5.74, 6) is 0.667. The molecule has 0 unspecified atom stereocenters. The van der Waals surface area contributed by atoms with Crippen LogP contribution in [0.25, 0.3) is 0 Å². The van der Waals surface area contributed by atoms with E-state index in [9.17, 15) is 4.39 Å². The second kappa shape index (κ2) is 4.87. The first-order valence-corrected chi connectivity index (χ1v) is 5.21. The predicted octanol–water partition coefficient (Wildman–Crippen LogP) is 3.45. The van der Waals surface area contributed by atoms with Gasteiger partial charge in [-0.25, -0.2) is 4.39 Å². The summed E-state index contributed by atoms with van der Waals surface area (Å²) in [6.45, 7) is 0. The lowest BCUT2D eigenvalue weighted by molar-refractivity contribution is 0.626. The van der Waals surface area contributed by atoms with E-state index in [-0.39, 0.29) is 5.82 Å². The third-order valence-electron chi connectivity index (χ3n) is 1.62. The van der Waals surface area contributed by atoms with Crippen molar-refractivity contribution < 1.29 is 4.39 Å². The van der Waals surface area contributed by atoms with E-state index in [4.69, 9.17) is 0 Å². The van der Waals surface area contributed by atoms with Crippen molar-refractivity contribution >= 4 is 28.6 Å². The smallest absolute Gasteiger partial charge is 0.124 e. The first-order chi connectivity index (χ1) is 5.74. The molecule has 66 valence electrons. The SMILES string of the molecule is Fc1ccc(CCCS)c(Br)c1. The normalized spacial score (nSPS) is 10.2. The Hall–Kier alpha value is -0.0200. The maximum atomic E-state index is 12.6. The zero-order valence-electron chi connectivity index (χ0n) is 6.56. The van der Waals surface area contributed by atoms with E-state index >= 15 is 0 Å². The maximum Gasteiger partial charge on any atom is 0.124 e. The number of thiol groups is 1. The number of benzene rings is 1. The second-order valence-electron chi connectivity index (χ2n) is 2.56. The highest BCUT2D eigenvalue weighted by molar-refractivity contribution is 9.10. The Bertz CT molecular complexity index is 263. The van der Waals surface area contributed by atoms with Gasteiger partial charge in [0.05, 0.1) is 0 Å². The first kappa shape index (κ1) is 10.1. The van der Waals surface area contributed by atoms with Gasteiger partial charge in [0.2, 0.25) is 0 Å². The molecule has 0 amide bonds. The maximum absolute atomic E-state index is 12.6. The van der Waals surface area contributed by atoms with E-state index in [2.05, 4.69) is 28.6 Å². The van der Waals surface area contributed by atoms with Crippen LogP contribution >= 0.6 is 28.6 Å². The van der Waals surface area contributed by atoms with Crippen molar-refractivity contribution in [2.75, 3.05) is 5.75 Å². The molecule has 1 rings (SSSR count). The largest absolute Gasteiger partial charge is 0.207 e. The van der Waals surface area contributed by atoms with Crippen LogP contribution < -0.4 is 0 Å². The molecule has 0 N–H and O–H groups in total. The van der Waals surface area contributed by atoms with Crippen LogP contribution in [0.5, 0.6) is 0 Å². The molecule has 0 bridgehead atoms. The number of rotatable bonds is 3. The van der Waals surface area contributed by atoms with Crippen LogP contribution in [0.4, 0.5) is 4.39 Å². The third kappa shape index (κ3) is 2.79. The average molecular weight is 249 g/mol. The van der Waals surface area contributed by atoms with Crippen molar-refractivity contribution in [1.82, 2.24) is 0 Å².